The van der Waals surface area contributed by atoms with Gasteiger partial charge in [0.05, 0.1) is 35.9 Å². The van der Waals surface area contributed by atoms with E-state index >= 15 is 0 Å². The fraction of sp³-hybridized carbons (Fsp3) is 0.324. The molecule has 0 bridgehead atoms. The molecule has 0 atom stereocenters. The van der Waals surface area contributed by atoms with Crippen molar-refractivity contribution >= 4 is 51.9 Å². The second kappa shape index (κ2) is 14.0. The number of benzene rings is 3. The standard InChI is InChI=1S/C34H35N3O6S2/c1-35-12-18-43-30-21-26(6-8-28(30)35)25-7-9-29(42-19-15-36-13-16-41-17-14-36)27(20-25)22-31-32(38)37(34(44)45-31)11-10-23-2-4-24(5-3-23)33(39)40/h2-9,20-22H,10-19H2,1H3,(H,39,40)/b31-22-. The van der Waals surface area contributed by atoms with Crippen LogP contribution in [0.4, 0.5) is 5.69 Å². The zero-order valence-electron chi connectivity index (χ0n) is 25.1. The Balaban J connectivity index is 1.23. The molecule has 0 radical (unpaired) electrons. The van der Waals surface area contributed by atoms with E-state index in [1.54, 1.807) is 29.2 Å². The van der Waals surface area contributed by atoms with Crippen LogP contribution in [0, 0.1) is 0 Å². The Labute approximate surface area is 272 Å². The topological polar surface area (TPSA) is 91.8 Å². The number of aromatic carboxylic acids is 1. The molecule has 0 spiro atoms. The van der Waals surface area contributed by atoms with E-state index in [0.29, 0.717) is 41.2 Å². The molecule has 3 heterocycles. The average Bonchev–Trinajstić information content (AvgIpc) is 3.32. The third-order valence-corrected chi connectivity index (χ3v) is 9.53. The summed E-state index contributed by atoms with van der Waals surface area (Å²) >= 11 is 6.89. The Morgan fingerprint density at radius 1 is 1.00 bits per heavy atom. The highest BCUT2D eigenvalue weighted by atomic mass is 32.2. The van der Waals surface area contributed by atoms with Crippen molar-refractivity contribution in [1.29, 1.82) is 0 Å². The third-order valence-electron chi connectivity index (χ3n) is 8.15. The number of fused-ring (bicyclic) bond motifs is 1. The van der Waals surface area contributed by atoms with E-state index in [9.17, 15) is 9.59 Å². The second-order valence-corrected chi connectivity index (χ2v) is 12.8. The normalized spacial score (nSPS) is 17.8. The molecule has 0 aromatic heterocycles. The Morgan fingerprint density at radius 3 is 2.53 bits per heavy atom. The number of thioether (sulfide) groups is 1. The van der Waals surface area contributed by atoms with E-state index in [1.165, 1.54) is 11.8 Å². The summed E-state index contributed by atoms with van der Waals surface area (Å²) in [6.45, 7) is 6.43. The van der Waals surface area contributed by atoms with Gasteiger partial charge in [0.15, 0.2) is 0 Å². The molecule has 3 aliphatic heterocycles. The lowest BCUT2D eigenvalue weighted by molar-refractivity contribution is -0.122. The van der Waals surface area contributed by atoms with Gasteiger partial charge in [0, 0.05) is 38.8 Å². The van der Waals surface area contributed by atoms with Crippen LogP contribution in [0.25, 0.3) is 17.2 Å². The van der Waals surface area contributed by atoms with E-state index in [4.69, 9.17) is 31.5 Å². The summed E-state index contributed by atoms with van der Waals surface area (Å²) in [5, 5.41) is 9.16. The number of nitrogens with zero attached hydrogens (tertiary/aromatic N) is 3. The summed E-state index contributed by atoms with van der Waals surface area (Å²) < 4.78 is 18.2. The molecule has 9 nitrogen and oxygen atoms in total. The molecule has 0 unspecified atom stereocenters. The van der Waals surface area contributed by atoms with Gasteiger partial charge in [-0.25, -0.2) is 4.79 Å². The number of carboxylic acids is 1. The number of anilines is 1. The van der Waals surface area contributed by atoms with Gasteiger partial charge in [-0.1, -0.05) is 48.2 Å². The number of ether oxygens (including phenoxy) is 3. The Kier molecular flexibility index (Phi) is 9.70. The monoisotopic (exact) mass is 645 g/mol. The average molecular weight is 646 g/mol. The minimum atomic E-state index is -0.968. The molecule has 6 rings (SSSR count). The zero-order chi connectivity index (χ0) is 31.3. The molecular formula is C34H35N3O6S2. The Hall–Kier alpha value is -3.90. The van der Waals surface area contributed by atoms with Crippen LogP contribution < -0.4 is 14.4 Å². The molecular weight excluding hydrogens is 611 g/mol. The first-order valence-corrected chi connectivity index (χ1v) is 16.2. The quantitative estimate of drug-likeness (QED) is 0.239. The van der Waals surface area contributed by atoms with Crippen LogP contribution in [0.15, 0.2) is 65.6 Å². The highest BCUT2D eigenvalue weighted by Crippen LogP contribution is 2.38. The van der Waals surface area contributed by atoms with Crippen LogP contribution in [-0.2, 0) is 16.0 Å². The molecule has 1 amide bonds. The molecule has 3 aromatic rings. The third kappa shape index (κ3) is 7.33. The van der Waals surface area contributed by atoms with Gasteiger partial charge in [-0.05, 0) is 65.6 Å². The molecule has 0 aliphatic carbocycles. The van der Waals surface area contributed by atoms with Gasteiger partial charge in [-0.3, -0.25) is 14.6 Å². The maximum Gasteiger partial charge on any atom is 0.335 e. The summed E-state index contributed by atoms with van der Waals surface area (Å²) in [4.78, 5) is 31.4. The van der Waals surface area contributed by atoms with Crippen LogP contribution in [0.5, 0.6) is 11.5 Å². The summed E-state index contributed by atoms with van der Waals surface area (Å²) in [6, 6.07) is 19.0. The fourth-order valence-corrected chi connectivity index (χ4v) is 6.81. The van der Waals surface area contributed by atoms with E-state index in [1.807, 2.05) is 18.2 Å². The number of hydrogen-bond donors (Lipinski definition) is 1. The maximum atomic E-state index is 13.6. The lowest BCUT2D eigenvalue weighted by Gasteiger charge is -2.28. The molecule has 2 fully saturated rings. The van der Waals surface area contributed by atoms with Crippen LogP contribution in [-0.4, -0.2) is 97.3 Å². The SMILES string of the molecule is CN1CCOc2cc(-c3ccc(OCCN4CCOCC4)c(/C=C4\SC(=S)N(CCc5ccc(C(=O)O)cc5)C4=O)c3)ccc21. The molecule has 45 heavy (non-hydrogen) atoms. The number of likely N-dealkylation sites (N-methyl/N-ethyl adjacent to an activating group) is 1. The van der Waals surface area contributed by atoms with Gasteiger partial charge in [-0.2, -0.15) is 0 Å². The van der Waals surface area contributed by atoms with Gasteiger partial charge in [0.1, 0.15) is 29.0 Å². The molecule has 11 heteroatoms. The number of carbonyl (C=O) groups excluding carboxylic acids is 1. The van der Waals surface area contributed by atoms with E-state index in [0.717, 1.165) is 73.1 Å². The summed E-state index contributed by atoms with van der Waals surface area (Å²) in [5.74, 6) is 0.434. The molecule has 1 N–H and O–H groups in total. The zero-order valence-corrected chi connectivity index (χ0v) is 26.7. The van der Waals surface area contributed by atoms with Gasteiger partial charge in [-0.15, -0.1) is 0 Å². The highest BCUT2D eigenvalue weighted by molar-refractivity contribution is 8.26. The van der Waals surface area contributed by atoms with Crippen molar-refractivity contribution < 1.29 is 28.9 Å². The van der Waals surface area contributed by atoms with Crippen molar-refractivity contribution in [2.75, 3.05) is 71.1 Å². The number of carbonyl (C=O) groups is 2. The van der Waals surface area contributed by atoms with Crippen LogP contribution in [0.1, 0.15) is 21.5 Å². The first-order chi connectivity index (χ1) is 21.9. The second-order valence-electron chi connectivity index (χ2n) is 11.1. The van der Waals surface area contributed by atoms with Crippen molar-refractivity contribution in [1.82, 2.24) is 9.80 Å². The predicted molar refractivity (Wildman–Crippen MR) is 180 cm³/mol. The minimum absolute atomic E-state index is 0.151. The van der Waals surface area contributed by atoms with Gasteiger partial charge >= 0.3 is 5.97 Å². The lowest BCUT2D eigenvalue weighted by atomic mass is 10.0. The maximum absolute atomic E-state index is 13.6. The number of amides is 1. The van der Waals surface area contributed by atoms with Gasteiger partial charge in [0.25, 0.3) is 5.91 Å². The van der Waals surface area contributed by atoms with Gasteiger partial charge < -0.3 is 24.2 Å². The summed E-state index contributed by atoms with van der Waals surface area (Å²) in [6.07, 6.45) is 2.43. The minimum Gasteiger partial charge on any atom is -0.492 e. The first kappa shape index (κ1) is 31.1. The van der Waals surface area contributed by atoms with E-state index < -0.39 is 5.97 Å². The highest BCUT2D eigenvalue weighted by Gasteiger charge is 2.32. The summed E-state index contributed by atoms with van der Waals surface area (Å²) in [7, 11) is 2.06. The molecule has 3 aliphatic rings. The number of carboxylic acid groups (broad SMARTS) is 1. The van der Waals surface area contributed by atoms with Gasteiger partial charge in [0.2, 0.25) is 0 Å². The van der Waals surface area contributed by atoms with Crippen molar-refractivity contribution in [2.24, 2.45) is 0 Å². The smallest absolute Gasteiger partial charge is 0.335 e. The Bertz CT molecular complexity index is 1620. The van der Waals surface area contributed by atoms with Crippen molar-refractivity contribution in [3.05, 3.63) is 82.3 Å². The largest absolute Gasteiger partial charge is 0.492 e. The van der Waals surface area contributed by atoms with Crippen molar-refractivity contribution in [2.45, 2.75) is 6.42 Å². The van der Waals surface area contributed by atoms with E-state index in [2.05, 4.69) is 41.1 Å². The molecule has 234 valence electrons. The number of thiocarbonyl (C=S) groups is 1. The predicted octanol–water partition coefficient (Wildman–Crippen LogP) is 5.04. The van der Waals surface area contributed by atoms with Crippen molar-refractivity contribution in [3.8, 4) is 22.6 Å². The molecule has 2 saturated heterocycles. The van der Waals surface area contributed by atoms with Crippen LogP contribution in [0.2, 0.25) is 0 Å². The van der Waals surface area contributed by atoms with Crippen LogP contribution >= 0.6 is 24.0 Å². The van der Waals surface area contributed by atoms with Crippen molar-refractivity contribution in [3.63, 3.8) is 0 Å². The molecule has 3 aromatic carbocycles. The number of rotatable bonds is 10. The lowest BCUT2D eigenvalue weighted by Crippen LogP contribution is -2.38. The fourth-order valence-electron chi connectivity index (χ4n) is 5.51. The molecule has 0 saturated carbocycles. The van der Waals surface area contributed by atoms with E-state index in [-0.39, 0.29) is 11.5 Å². The van der Waals surface area contributed by atoms with Crippen LogP contribution in [0.3, 0.4) is 0 Å². The first-order valence-electron chi connectivity index (χ1n) is 15.0. The number of morpholine rings is 1. The Morgan fingerprint density at radius 2 is 1.76 bits per heavy atom. The number of hydrogen-bond acceptors (Lipinski definition) is 9. The summed E-state index contributed by atoms with van der Waals surface area (Å²) in [5.41, 5.74) is 5.03.